The molecule has 0 fully saturated rings. The summed E-state index contributed by atoms with van der Waals surface area (Å²) in [5.74, 6) is -1.57. The Labute approximate surface area is 282 Å². The van der Waals surface area contributed by atoms with Crippen molar-refractivity contribution in [2.45, 2.75) is 99.3 Å². The topological polar surface area (TPSA) is 92.8 Å². The van der Waals surface area contributed by atoms with E-state index in [1.807, 2.05) is 27.7 Å². The summed E-state index contributed by atoms with van der Waals surface area (Å²) in [6, 6.07) is 6.88. The Bertz CT molecular complexity index is 1990. The predicted octanol–water partition coefficient (Wildman–Crippen LogP) is 10.6. The highest BCUT2D eigenvalue weighted by Gasteiger charge is 2.40. The Kier molecular flexibility index (Phi) is 10.8. The monoisotopic (exact) mass is 709 g/mol. The summed E-state index contributed by atoms with van der Waals surface area (Å²) < 4.78 is 106. The van der Waals surface area contributed by atoms with Gasteiger partial charge >= 0.3 is 14.0 Å². The van der Waals surface area contributed by atoms with E-state index in [-0.39, 0.29) is 28.2 Å². The molecular weight excluding hydrogens is 668 g/mol. The number of nitrogens with zero attached hydrogens (tertiary/aromatic N) is 5. The summed E-state index contributed by atoms with van der Waals surface area (Å²) in [6.45, 7) is 17.2. The third-order valence-corrected chi connectivity index (χ3v) is 8.79. The molecule has 0 aliphatic rings. The SMILES string of the molecule is CC.CC(C)c1cc(-c2cn3c(-c4ccc5c(cnn5COP(=O)(OC(C)(C)C)OC(C)(C)C)c4F)c(C(F)(F)F)nc3cn2)ccc1F. The number of aromatic nitrogens is 5. The zero-order valence-electron chi connectivity index (χ0n) is 29.1. The molecular formula is C34H41F5N5O4P. The van der Waals surface area contributed by atoms with Gasteiger partial charge in [0.25, 0.3) is 0 Å². The molecule has 3 aromatic heterocycles. The molecule has 5 rings (SSSR count). The Hall–Kier alpha value is -3.71. The quantitative estimate of drug-likeness (QED) is 0.117. The largest absolute Gasteiger partial charge is 0.477 e. The molecule has 0 amide bonds. The fraction of sp³-hybridized carbons (Fsp3) is 0.441. The maximum atomic E-state index is 16.2. The summed E-state index contributed by atoms with van der Waals surface area (Å²) >= 11 is 0. The summed E-state index contributed by atoms with van der Waals surface area (Å²) in [5, 5.41) is 4.01. The molecule has 15 heteroatoms. The number of alkyl halides is 3. The predicted molar refractivity (Wildman–Crippen MR) is 178 cm³/mol. The van der Waals surface area contributed by atoms with Gasteiger partial charge in [-0.25, -0.2) is 23.0 Å². The lowest BCUT2D eigenvalue weighted by Gasteiger charge is -2.30. The number of phosphoric acid groups is 1. The summed E-state index contributed by atoms with van der Waals surface area (Å²) in [5.41, 5.74) is -2.96. The van der Waals surface area contributed by atoms with Gasteiger partial charge < -0.3 is 0 Å². The lowest BCUT2D eigenvalue weighted by atomic mass is 9.99. The first-order valence-corrected chi connectivity index (χ1v) is 17.2. The molecule has 9 nitrogen and oxygen atoms in total. The number of benzene rings is 2. The van der Waals surface area contributed by atoms with Crippen LogP contribution in [0.25, 0.3) is 39.1 Å². The maximum absolute atomic E-state index is 16.2. The number of rotatable bonds is 8. The average molecular weight is 710 g/mol. The summed E-state index contributed by atoms with van der Waals surface area (Å²) in [4.78, 5) is 8.01. The Morgan fingerprint density at radius 2 is 1.55 bits per heavy atom. The first-order valence-electron chi connectivity index (χ1n) is 15.7. The van der Waals surface area contributed by atoms with Crippen molar-refractivity contribution in [3.05, 3.63) is 71.8 Å². The second kappa shape index (κ2) is 13.9. The van der Waals surface area contributed by atoms with Gasteiger partial charge in [-0.15, -0.1) is 0 Å². The van der Waals surface area contributed by atoms with Gasteiger partial charge in [-0.1, -0.05) is 27.7 Å². The van der Waals surface area contributed by atoms with Gasteiger partial charge in [0.05, 0.1) is 45.9 Å². The molecule has 49 heavy (non-hydrogen) atoms. The van der Waals surface area contributed by atoms with Crippen molar-refractivity contribution < 1.29 is 40.1 Å². The van der Waals surface area contributed by atoms with Crippen LogP contribution in [-0.4, -0.2) is 35.4 Å². The minimum Gasteiger partial charge on any atom is -0.295 e. The fourth-order valence-electron chi connectivity index (χ4n) is 4.98. The van der Waals surface area contributed by atoms with Crippen LogP contribution in [0.15, 0.2) is 48.9 Å². The second-order valence-corrected chi connectivity index (χ2v) is 14.8. The summed E-state index contributed by atoms with van der Waals surface area (Å²) in [6.07, 6.45) is -1.35. The summed E-state index contributed by atoms with van der Waals surface area (Å²) in [7, 11) is -4.15. The van der Waals surface area contributed by atoms with Crippen molar-refractivity contribution in [2.75, 3.05) is 0 Å². The second-order valence-electron chi connectivity index (χ2n) is 13.3. The van der Waals surface area contributed by atoms with Gasteiger partial charge in [-0.3, -0.25) is 23.0 Å². The van der Waals surface area contributed by atoms with Gasteiger partial charge in [0, 0.05) is 17.3 Å². The minimum atomic E-state index is -4.94. The van der Waals surface area contributed by atoms with E-state index in [0.717, 1.165) is 16.8 Å². The molecule has 0 saturated heterocycles. The lowest BCUT2D eigenvalue weighted by molar-refractivity contribution is -0.140. The Morgan fingerprint density at radius 1 is 0.918 bits per heavy atom. The van der Waals surface area contributed by atoms with E-state index in [4.69, 9.17) is 13.6 Å². The van der Waals surface area contributed by atoms with Crippen molar-refractivity contribution in [3.8, 4) is 22.5 Å². The number of hydrogen-bond donors (Lipinski definition) is 0. The van der Waals surface area contributed by atoms with E-state index >= 15 is 4.39 Å². The van der Waals surface area contributed by atoms with Crippen molar-refractivity contribution >= 4 is 24.4 Å². The van der Waals surface area contributed by atoms with Crippen LogP contribution in [0.3, 0.4) is 0 Å². The van der Waals surface area contributed by atoms with Gasteiger partial charge in [-0.05, 0) is 83.4 Å². The highest BCUT2D eigenvalue weighted by atomic mass is 31.2. The first-order chi connectivity index (χ1) is 22.7. The number of halogens is 5. The minimum absolute atomic E-state index is 0.119. The molecule has 0 aliphatic carbocycles. The van der Waals surface area contributed by atoms with Gasteiger partial charge in [0.15, 0.2) is 18.1 Å². The number of hydrogen-bond acceptors (Lipinski definition) is 7. The van der Waals surface area contributed by atoms with E-state index in [0.29, 0.717) is 11.1 Å². The first kappa shape index (κ1) is 38.1. The highest BCUT2D eigenvalue weighted by Crippen LogP contribution is 2.55. The Balaban J connectivity index is 0.00000265. The third kappa shape index (κ3) is 8.54. The van der Waals surface area contributed by atoms with Gasteiger partial charge in [0.2, 0.25) is 0 Å². The molecule has 0 bridgehead atoms. The number of imidazole rings is 1. The van der Waals surface area contributed by atoms with E-state index < -0.39 is 60.5 Å². The molecule has 2 aromatic carbocycles. The molecule has 5 aromatic rings. The van der Waals surface area contributed by atoms with Crippen molar-refractivity contribution in [1.29, 1.82) is 0 Å². The van der Waals surface area contributed by atoms with E-state index in [1.165, 1.54) is 35.1 Å². The number of phosphoric ester groups is 1. The normalized spacial score (nSPS) is 13.0. The molecule has 0 saturated carbocycles. The smallest absolute Gasteiger partial charge is 0.295 e. The van der Waals surface area contributed by atoms with E-state index in [9.17, 15) is 22.1 Å². The Morgan fingerprint density at radius 3 is 2.12 bits per heavy atom. The van der Waals surface area contributed by atoms with Crippen LogP contribution in [-0.2, 0) is 31.0 Å². The van der Waals surface area contributed by atoms with E-state index in [2.05, 4.69) is 15.1 Å². The lowest BCUT2D eigenvalue weighted by Crippen LogP contribution is -2.25. The van der Waals surface area contributed by atoms with E-state index in [1.54, 1.807) is 47.6 Å². The van der Waals surface area contributed by atoms with Crippen LogP contribution in [0.1, 0.15) is 86.4 Å². The molecule has 0 atom stereocenters. The fourth-order valence-corrected chi connectivity index (χ4v) is 6.71. The average Bonchev–Trinajstić information content (AvgIpc) is 3.57. The molecule has 0 spiro atoms. The van der Waals surface area contributed by atoms with Crippen molar-refractivity contribution in [2.24, 2.45) is 0 Å². The van der Waals surface area contributed by atoms with Gasteiger partial charge in [-0.2, -0.15) is 18.3 Å². The third-order valence-electron chi connectivity index (χ3n) is 6.82. The van der Waals surface area contributed by atoms with Crippen LogP contribution >= 0.6 is 7.82 Å². The molecule has 0 unspecified atom stereocenters. The van der Waals surface area contributed by atoms with Crippen molar-refractivity contribution in [1.82, 2.24) is 24.1 Å². The number of fused-ring (bicyclic) bond motifs is 2. The van der Waals surface area contributed by atoms with Crippen molar-refractivity contribution in [3.63, 3.8) is 0 Å². The molecule has 3 heterocycles. The molecule has 266 valence electrons. The van der Waals surface area contributed by atoms with Crippen LogP contribution in [0.5, 0.6) is 0 Å². The van der Waals surface area contributed by atoms with Crippen LogP contribution < -0.4 is 0 Å². The molecule has 0 radical (unpaired) electrons. The van der Waals surface area contributed by atoms with Crippen LogP contribution in [0, 0.1) is 11.6 Å². The zero-order valence-corrected chi connectivity index (χ0v) is 30.0. The maximum Gasteiger partial charge on any atom is 0.477 e. The van der Waals surface area contributed by atoms with Gasteiger partial charge in [0.1, 0.15) is 11.6 Å². The molecule has 0 N–H and O–H groups in total. The zero-order chi connectivity index (χ0) is 36.7. The standard InChI is InChI=1S/C32H35F5N5O4P.C2H6/c1-18(2)21-13-19(9-11-23(21)33)24-16-41-26(15-38-24)40-29(32(35,36)37)28(41)20-10-12-25-22(27(20)34)14-39-42(25)17-44-47(43,45-30(3,4)5)46-31(6,7)8;1-2/h9-16,18H,17H2,1-8H3;1-2H3. The van der Waals surface area contributed by atoms with Crippen LogP contribution in [0.2, 0.25) is 0 Å². The highest BCUT2D eigenvalue weighted by molar-refractivity contribution is 7.48. The molecule has 0 aliphatic heterocycles. The van der Waals surface area contributed by atoms with Crippen LogP contribution in [0.4, 0.5) is 22.0 Å².